The summed E-state index contributed by atoms with van der Waals surface area (Å²) in [5.41, 5.74) is 2.37. The Labute approximate surface area is 179 Å². The van der Waals surface area contributed by atoms with Crippen LogP contribution in [-0.2, 0) is 0 Å². The summed E-state index contributed by atoms with van der Waals surface area (Å²) < 4.78 is 1.92. The number of carbonyl (C=O) groups excluding carboxylic acids is 1. The summed E-state index contributed by atoms with van der Waals surface area (Å²) in [6, 6.07) is 16.2. The Kier molecular flexibility index (Phi) is 5.76. The first-order valence-electron chi connectivity index (χ1n) is 9.68. The highest BCUT2D eigenvalue weighted by molar-refractivity contribution is 6.04. The van der Waals surface area contributed by atoms with Gasteiger partial charge in [0.2, 0.25) is 0 Å². The van der Waals surface area contributed by atoms with E-state index >= 15 is 0 Å². The van der Waals surface area contributed by atoms with Gasteiger partial charge in [0, 0.05) is 23.4 Å². The number of pyridine rings is 1. The fourth-order valence-electron chi connectivity index (χ4n) is 2.86. The van der Waals surface area contributed by atoms with E-state index in [4.69, 9.17) is 0 Å². The van der Waals surface area contributed by atoms with E-state index in [0.717, 1.165) is 0 Å². The molecule has 0 spiro atoms. The Morgan fingerprint density at radius 1 is 1.00 bits per heavy atom. The van der Waals surface area contributed by atoms with Gasteiger partial charge in [0.15, 0.2) is 5.82 Å². The van der Waals surface area contributed by atoms with Gasteiger partial charge in [-0.3, -0.25) is 4.79 Å². The second-order valence-electron chi connectivity index (χ2n) is 6.96. The largest absolute Gasteiger partial charge is 0.310 e. The third-order valence-corrected chi connectivity index (χ3v) is 4.38. The van der Waals surface area contributed by atoms with Crippen LogP contribution in [0.15, 0.2) is 67.1 Å². The van der Waals surface area contributed by atoms with Crippen molar-refractivity contribution >= 4 is 11.7 Å². The Bertz CT molecular complexity index is 1270. The number of benzene rings is 1. The lowest BCUT2D eigenvalue weighted by Gasteiger charge is -2.10. The average molecular weight is 409 g/mol. The summed E-state index contributed by atoms with van der Waals surface area (Å²) in [5.74, 6) is 6.72. The monoisotopic (exact) mass is 409 g/mol. The van der Waals surface area contributed by atoms with E-state index in [1.54, 1.807) is 48.9 Å². The Balaban J connectivity index is 1.53. The van der Waals surface area contributed by atoms with Gasteiger partial charge in [-0.1, -0.05) is 18.1 Å². The van der Waals surface area contributed by atoms with E-state index in [1.807, 2.05) is 36.6 Å². The molecule has 8 heteroatoms. The van der Waals surface area contributed by atoms with Crippen LogP contribution in [0.1, 0.15) is 41.5 Å². The molecule has 4 rings (SSSR count). The van der Waals surface area contributed by atoms with E-state index in [9.17, 15) is 4.79 Å². The zero-order valence-electron chi connectivity index (χ0n) is 17.0. The molecule has 0 saturated heterocycles. The highest BCUT2D eigenvalue weighted by atomic mass is 16.1. The first kappa shape index (κ1) is 19.9. The molecule has 152 valence electrons. The van der Waals surface area contributed by atoms with Crippen molar-refractivity contribution in [3.05, 3.63) is 83.9 Å². The number of hydrogen-bond acceptors (Lipinski definition) is 6. The number of nitrogens with one attached hydrogen (secondary N) is 1. The van der Waals surface area contributed by atoms with Crippen LogP contribution < -0.4 is 5.32 Å². The van der Waals surface area contributed by atoms with Gasteiger partial charge in [-0.15, -0.1) is 15.3 Å². The highest BCUT2D eigenvalue weighted by Gasteiger charge is 2.13. The van der Waals surface area contributed by atoms with Crippen LogP contribution in [0.25, 0.3) is 11.5 Å². The average Bonchev–Trinajstić information content (AvgIpc) is 3.29. The first-order valence-corrected chi connectivity index (χ1v) is 9.68. The Hall–Kier alpha value is -4.38. The van der Waals surface area contributed by atoms with Crippen molar-refractivity contribution in [2.75, 3.05) is 5.32 Å². The summed E-state index contributed by atoms with van der Waals surface area (Å²) in [7, 11) is 0. The second kappa shape index (κ2) is 8.97. The summed E-state index contributed by atoms with van der Waals surface area (Å²) in [6.07, 6.45) is 3.26. The van der Waals surface area contributed by atoms with Crippen molar-refractivity contribution in [1.29, 1.82) is 0 Å². The molecule has 0 aliphatic rings. The number of aromatic nitrogens is 6. The topological polar surface area (TPSA) is 98.5 Å². The normalized spacial score (nSPS) is 10.4. The standard InChI is InChI=1S/C23H19N7O/c1-16(2)30-15-25-29-22(30)20-9-4-10-21(26-20)27-23(31)18-7-3-6-17(14-18)11-12-19-8-5-13-24-28-19/h3-10,13-16H,1-2H3,(H,26,27,31). The molecule has 1 N–H and O–H groups in total. The molecule has 0 fully saturated rings. The molecule has 3 aromatic heterocycles. The molecule has 0 aliphatic carbocycles. The fourth-order valence-corrected chi connectivity index (χ4v) is 2.86. The third kappa shape index (κ3) is 4.79. The fraction of sp³-hybridized carbons (Fsp3) is 0.130. The van der Waals surface area contributed by atoms with Crippen molar-refractivity contribution in [1.82, 2.24) is 29.9 Å². The molecule has 0 bridgehead atoms. The number of carbonyl (C=O) groups is 1. The first-order chi connectivity index (χ1) is 15.1. The molecule has 0 aliphatic heterocycles. The van der Waals surface area contributed by atoms with Crippen LogP contribution in [0.2, 0.25) is 0 Å². The van der Waals surface area contributed by atoms with Crippen molar-refractivity contribution in [2.24, 2.45) is 0 Å². The van der Waals surface area contributed by atoms with Gasteiger partial charge >= 0.3 is 0 Å². The van der Waals surface area contributed by atoms with E-state index in [2.05, 4.69) is 42.5 Å². The predicted molar refractivity (Wildman–Crippen MR) is 116 cm³/mol. The molecule has 3 heterocycles. The number of nitrogens with zero attached hydrogens (tertiary/aromatic N) is 6. The van der Waals surface area contributed by atoms with E-state index in [0.29, 0.717) is 34.2 Å². The van der Waals surface area contributed by atoms with Crippen LogP contribution >= 0.6 is 0 Å². The Morgan fingerprint density at radius 2 is 1.87 bits per heavy atom. The van der Waals surface area contributed by atoms with Gasteiger partial charge in [0.05, 0.1) is 0 Å². The molecular weight excluding hydrogens is 390 g/mol. The summed E-state index contributed by atoms with van der Waals surface area (Å²) in [4.78, 5) is 17.3. The van der Waals surface area contributed by atoms with Crippen molar-refractivity contribution < 1.29 is 4.79 Å². The van der Waals surface area contributed by atoms with Gasteiger partial charge in [-0.25, -0.2) is 4.98 Å². The van der Waals surface area contributed by atoms with Gasteiger partial charge < -0.3 is 9.88 Å². The minimum absolute atomic E-state index is 0.191. The number of hydrogen-bond donors (Lipinski definition) is 1. The molecule has 4 aromatic rings. The minimum atomic E-state index is -0.280. The molecule has 0 saturated carbocycles. The van der Waals surface area contributed by atoms with Crippen LogP contribution in [0.3, 0.4) is 0 Å². The van der Waals surface area contributed by atoms with Crippen molar-refractivity contribution in [2.45, 2.75) is 19.9 Å². The maximum absolute atomic E-state index is 12.8. The molecule has 0 radical (unpaired) electrons. The number of anilines is 1. The molecule has 8 nitrogen and oxygen atoms in total. The van der Waals surface area contributed by atoms with E-state index < -0.39 is 0 Å². The lowest BCUT2D eigenvalue weighted by atomic mass is 10.1. The van der Waals surface area contributed by atoms with Crippen LogP contribution in [0, 0.1) is 11.8 Å². The third-order valence-electron chi connectivity index (χ3n) is 4.38. The van der Waals surface area contributed by atoms with E-state index in [1.165, 1.54) is 0 Å². The molecule has 31 heavy (non-hydrogen) atoms. The smallest absolute Gasteiger partial charge is 0.256 e. The van der Waals surface area contributed by atoms with E-state index in [-0.39, 0.29) is 11.9 Å². The molecule has 0 unspecified atom stereocenters. The highest BCUT2D eigenvalue weighted by Crippen LogP contribution is 2.20. The van der Waals surface area contributed by atoms with Gasteiger partial charge in [0.1, 0.15) is 23.5 Å². The molecule has 1 amide bonds. The van der Waals surface area contributed by atoms with Crippen molar-refractivity contribution in [3.63, 3.8) is 0 Å². The predicted octanol–water partition coefficient (Wildman–Crippen LogP) is 3.36. The quantitative estimate of drug-likeness (QED) is 0.519. The lowest BCUT2D eigenvalue weighted by molar-refractivity contribution is 0.102. The Morgan fingerprint density at radius 3 is 2.68 bits per heavy atom. The summed E-state index contributed by atoms with van der Waals surface area (Å²) in [6.45, 7) is 4.08. The molecule has 0 atom stereocenters. The molecular formula is C23H19N7O. The minimum Gasteiger partial charge on any atom is -0.310 e. The maximum Gasteiger partial charge on any atom is 0.256 e. The number of rotatable bonds is 4. The van der Waals surface area contributed by atoms with Gasteiger partial charge in [-0.05, 0) is 62.2 Å². The molecule has 1 aromatic carbocycles. The van der Waals surface area contributed by atoms with Gasteiger partial charge in [-0.2, -0.15) is 5.10 Å². The second-order valence-corrected chi connectivity index (χ2v) is 6.96. The van der Waals surface area contributed by atoms with Crippen LogP contribution in [0.4, 0.5) is 5.82 Å². The summed E-state index contributed by atoms with van der Waals surface area (Å²) in [5, 5.41) is 18.7. The zero-order chi connectivity index (χ0) is 21.6. The zero-order valence-corrected chi connectivity index (χ0v) is 17.0. The lowest BCUT2D eigenvalue weighted by Crippen LogP contribution is -2.13. The van der Waals surface area contributed by atoms with Crippen LogP contribution in [0.5, 0.6) is 0 Å². The van der Waals surface area contributed by atoms with Crippen molar-refractivity contribution in [3.8, 4) is 23.4 Å². The summed E-state index contributed by atoms with van der Waals surface area (Å²) >= 11 is 0. The number of amides is 1. The SMILES string of the molecule is CC(C)n1cnnc1-c1cccc(NC(=O)c2cccc(C#Cc3cccnn3)c2)n1. The van der Waals surface area contributed by atoms with Gasteiger partial charge in [0.25, 0.3) is 5.91 Å². The maximum atomic E-state index is 12.8. The van der Waals surface area contributed by atoms with Crippen LogP contribution in [-0.4, -0.2) is 35.9 Å².